The molecule has 25 heavy (non-hydrogen) atoms. The predicted octanol–water partition coefficient (Wildman–Crippen LogP) is 3.72. The maximum absolute atomic E-state index is 13.5. The Morgan fingerprint density at radius 1 is 1.36 bits per heavy atom. The van der Waals surface area contributed by atoms with E-state index in [4.69, 9.17) is 0 Å². The van der Waals surface area contributed by atoms with E-state index in [1.165, 1.54) is 12.1 Å². The first-order valence-electron chi connectivity index (χ1n) is 8.88. The van der Waals surface area contributed by atoms with Crippen molar-refractivity contribution in [3.8, 4) is 0 Å². The molecule has 1 aliphatic carbocycles. The highest BCUT2D eigenvalue weighted by Gasteiger charge is 2.26. The molecule has 0 amide bonds. The standard InChI is InChI=1S/C18H27BrFN3OS/c1-3-21-18(22-12-13-8-14(19)10-15(20)9-13)23-16-6-5-7-17(11-16)25(24)4-2/h8-10,16-17H,3-7,11-12H2,1-2H3,(H2,21,22,23). The molecule has 2 rings (SSSR count). The zero-order valence-corrected chi connectivity index (χ0v) is 17.3. The van der Waals surface area contributed by atoms with E-state index in [9.17, 15) is 8.60 Å². The summed E-state index contributed by atoms with van der Waals surface area (Å²) in [5.74, 6) is 1.19. The lowest BCUT2D eigenvalue weighted by atomic mass is 9.95. The molecule has 0 saturated heterocycles. The van der Waals surface area contributed by atoms with Crippen LogP contribution < -0.4 is 10.6 Å². The monoisotopic (exact) mass is 431 g/mol. The van der Waals surface area contributed by atoms with Gasteiger partial charge in [0, 0.05) is 38.9 Å². The van der Waals surface area contributed by atoms with E-state index in [0.29, 0.717) is 11.0 Å². The molecular weight excluding hydrogens is 405 g/mol. The fourth-order valence-electron chi connectivity index (χ4n) is 3.14. The number of hydrogen-bond acceptors (Lipinski definition) is 2. The minimum absolute atomic E-state index is 0.269. The first-order chi connectivity index (χ1) is 12.0. The fraction of sp³-hybridized carbons (Fsp3) is 0.611. The summed E-state index contributed by atoms with van der Waals surface area (Å²) in [6.07, 6.45) is 4.11. The maximum Gasteiger partial charge on any atom is 0.191 e. The Hall–Kier alpha value is -0.950. The van der Waals surface area contributed by atoms with Gasteiger partial charge in [0.2, 0.25) is 0 Å². The minimum Gasteiger partial charge on any atom is -0.357 e. The number of nitrogens with one attached hydrogen (secondary N) is 2. The van der Waals surface area contributed by atoms with Crippen molar-refractivity contribution < 1.29 is 8.60 Å². The average molecular weight is 432 g/mol. The second-order valence-corrected chi connectivity index (χ2v) is 9.19. The predicted molar refractivity (Wildman–Crippen MR) is 107 cm³/mol. The van der Waals surface area contributed by atoms with Gasteiger partial charge >= 0.3 is 0 Å². The van der Waals surface area contributed by atoms with Gasteiger partial charge in [0.15, 0.2) is 5.96 Å². The highest BCUT2D eigenvalue weighted by molar-refractivity contribution is 9.10. The number of aliphatic imine (C=N–C) groups is 1. The molecule has 0 spiro atoms. The van der Waals surface area contributed by atoms with Crippen LogP contribution in [-0.4, -0.2) is 33.8 Å². The Morgan fingerprint density at radius 3 is 2.84 bits per heavy atom. The largest absolute Gasteiger partial charge is 0.357 e. The van der Waals surface area contributed by atoms with Crippen molar-refractivity contribution in [1.29, 1.82) is 0 Å². The van der Waals surface area contributed by atoms with Gasteiger partial charge in [0.05, 0.1) is 6.54 Å². The molecule has 3 unspecified atom stereocenters. The Balaban J connectivity index is 2.00. The van der Waals surface area contributed by atoms with Gasteiger partial charge in [-0.05, 0) is 49.9 Å². The highest BCUT2D eigenvalue weighted by atomic mass is 79.9. The van der Waals surface area contributed by atoms with Crippen molar-refractivity contribution in [2.45, 2.75) is 57.4 Å². The van der Waals surface area contributed by atoms with Crippen LogP contribution in [0.15, 0.2) is 27.7 Å². The summed E-state index contributed by atoms with van der Waals surface area (Å²) in [4.78, 5) is 4.58. The van der Waals surface area contributed by atoms with E-state index in [2.05, 4.69) is 31.6 Å². The third kappa shape index (κ3) is 6.70. The summed E-state index contributed by atoms with van der Waals surface area (Å²) in [6.45, 7) is 5.17. The van der Waals surface area contributed by atoms with E-state index in [1.807, 2.05) is 19.9 Å². The zero-order chi connectivity index (χ0) is 18.2. The van der Waals surface area contributed by atoms with Crippen LogP contribution in [0, 0.1) is 5.82 Å². The van der Waals surface area contributed by atoms with Crippen LogP contribution in [-0.2, 0) is 17.3 Å². The maximum atomic E-state index is 13.5. The second-order valence-electron chi connectivity index (χ2n) is 6.27. The first kappa shape index (κ1) is 20.4. The van der Waals surface area contributed by atoms with Crippen molar-refractivity contribution in [1.82, 2.24) is 10.6 Å². The SMILES string of the molecule is CCNC(=NCc1cc(F)cc(Br)c1)NC1CCCC(S(=O)CC)C1. The normalized spacial score (nSPS) is 22.5. The molecule has 1 fully saturated rings. The average Bonchev–Trinajstić information content (AvgIpc) is 2.58. The Kier molecular flexibility index (Phi) is 8.36. The summed E-state index contributed by atoms with van der Waals surface area (Å²) in [6, 6.07) is 5.09. The smallest absolute Gasteiger partial charge is 0.191 e. The van der Waals surface area contributed by atoms with Gasteiger partial charge in [0.25, 0.3) is 0 Å². The van der Waals surface area contributed by atoms with Gasteiger partial charge in [0.1, 0.15) is 5.82 Å². The van der Waals surface area contributed by atoms with E-state index in [-0.39, 0.29) is 17.1 Å². The molecule has 0 aromatic heterocycles. The second kappa shape index (κ2) is 10.3. The lowest BCUT2D eigenvalue weighted by Crippen LogP contribution is -2.46. The third-order valence-corrected chi connectivity index (χ3v) is 6.51. The molecule has 1 aromatic rings. The Bertz CT molecular complexity index is 606. The fourth-order valence-corrected chi connectivity index (χ4v) is 5.00. The van der Waals surface area contributed by atoms with Gasteiger partial charge in [-0.25, -0.2) is 9.38 Å². The van der Waals surface area contributed by atoms with E-state index >= 15 is 0 Å². The molecule has 1 aromatic carbocycles. The number of guanidine groups is 1. The van der Waals surface area contributed by atoms with Crippen LogP contribution in [0.5, 0.6) is 0 Å². The zero-order valence-electron chi connectivity index (χ0n) is 14.9. The number of benzene rings is 1. The number of hydrogen-bond donors (Lipinski definition) is 2. The number of rotatable bonds is 6. The van der Waals surface area contributed by atoms with Crippen molar-refractivity contribution in [2.24, 2.45) is 4.99 Å². The molecule has 3 atom stereocenters. The van der Waals surface area contributed by atoms with Crippen molar-refractivity contribution in [2.75, 3.05) is 12.3 Å². The highest BCUT2D eigenvalue weighted by Crippen LogP contribution is 2.23. The van der Waals surface area contributed by atoms with E-state index < -0.39 is 10.8 Å². The molecule has 1 aliphatic rings. The first-order valence-corrected chi connectivity index (χ1v) is 11.1. The summed E-state index contributed by atoms with van der Waals surface area (Å²) in [5.41, 5.74) is 0.817. The summed E-state index contributed by atoms with van der Waals surface area (Å²) >= 11 is 3.31. The molecule has 0 bridgehead atoms. The van der Waals surface area contributed by atoms with Crippen LogP contribution >= 0.6 is 15.9 Å². The summed E-state index contributed by atoms with van der Waals surface area (Å²) in [7, 11) is -0.739. The van der Waals surface area contributed by atoms with Gasteiger partial charge in [-0.1, -0.05) is 29.3 Å². The van der Waals surface area contributed by atoms with Crippen LogP contribution in [0.2, 0.25) is 0 Å². The van der Waals surface area contributed by atoms with E-state index in [0.717, 1.165) is 49.5 Å². The quantitative estimate of drug-likeness (QED) is 0.532. The Labute approximate surface area is 160 Å². The van der Waals surface area contributed by atoms with Crippen LogP contribution in [0.3, 0.4) is 0 Å². The van der Waals surface area contributed by atoms with Crippen LogP contribution in [0.4, 0.5) is 4.39 Å². The molecule has 0 aliphatic heterocycles. The van der Waals surface area contributed by atoms with Gasteiger partial charge in [-0.15, -0.1) is 0 Å². The lowest BCUT2D eigenvalue weighted by molar-refractivity contribution is 0.413. The molecule has 7 heteroatoms. The molecule has 4 nitrogen and oxygen atoms in total. The Morgan fingerprint density at radius 2 is 2.16 bits per heavy atom. The summed E-state index contributed by atoms with van der Waals surface area (Å²) in [5, 5.41) is 6.99. The molecule has 1 saturated carbocycles. The van der Waals surface area contributed by atoms with Crippen molar-refractivity contribution in [3.05, 3.63) is 34.1 Å². The number of nitrogens with zero attached hydrogens (tertiary/aromatic N) is 1. The van der Waals surface area contributed by atoms with Crippen LogP contribution in [0.25, 0.3) is 0 Å². The van der Waals surface area contributed by atoms with Gasteiger partial charge in [-0.2, -0.15) is 0 Å². The molecule has 140 valence electrons. The van der Waals surface area contributed by atoms with Crippen molar-refractivity contribution >= 4 is 32.7 Å². The number of halogens is 2. The minimum atomic E-state index is -0.739. The van der Waals surface area contributed by atoms with Crippen LogP contribution in [0.1, 0.15) is 45.1 Å². The van der Waals surface area contributed by atoms with Gasteiger partial charge in [-0.3, -0.25) is 4.21 Å². The third-order valence-electron chi connectivity index (χ3n) is 4.31. The summed E-state index contributed by atoms with van der Waals surface area (Å²) < 4.78 is 26.3. The van der Waals surface area contributed by atoms with Crippen molar-refractivity contribution in [3.63, 3.8) is 0 Å². The molecule has 0 radical (unpaired) electrons. The topological polar surface area (TPSA) is 53.5 Å². The molecular formula is C18H27BrFN3OS. The molecule has 0 heterocycles. The van der Waals surface area contributed by atoms with Gasteiger partial charge < -0.3 is 10.6 Å². The lowest BCUT2D eigenvalue weighted by Gasteiger charge is -2.30. The van der Waals surface area contributed by atoms with E-state index in [1.54, 1.807) is 0 Å². The molecule has 2 N–H and O–H groups in total.